The Kier molecular flexibility index (Phi) is 5.26. The van der Waals surface area contributed by atoms with Crippen molar-refractivity contribution < 1.29 is 22.7 Å². The molecular formula is C11H7BrF3NO2S. The van der Waals surface area contributed by atoms with Gasteiger partial charge in [0.2, 0.25) is 0 Å². The van der Waals surface area contributed by atoms with E-state index in [0.29, 0.717) is 0 Å². The van der Waals surface area contributed by atoms with Gasteiger partial charge in [-0.1, -0.05) is 15.9 Å². The second kappa shape index (κ2) is 6.30. The van der Waals surface area contributed by atoms with Crippen LogP contribution in [0.5, 0.6) is 0 Å². The third-order valence-corrected chi connectivity index (χ3v) is 3.50. The summed E-state index contributed by atoms with van der Waals surface area (Å²) < 4.78 is 41.6. The number of rotatable bonds is 3. The zero-order valence-electron chi connectivity index (χ0n) is 9.55. The Hall–Kier alpha value is -1.20. The first-order chi connectivity index (χ1) is 8.84. The van der Waals surface area contributed by atoms with E-state index < -0.39 is 11.5 Å². The second-order valence-electron chi connectivity index (χ2n) is 3.25. The second-order valence-corrected chi connectivity index (χ2v) is 4.92. The van der Waals surface area contributed by atoms with E-state index in [-0.39, 0.29) is 38.7 Å². The van der Waals surface area contributed by atoms with Crippen molar-refractivity contribution in [2.45, 2.75) is 15.7 Å². The topological polar surface area (TPSA) is 50.1 Å². The molecule has 0 fully saturated rings. The summed E-state index contributed by atoms with van der Waals surface area (Å²) in [6, 6.07) is 4.01. The fourth-order valence-electron chi connectivity index (χ4n) is 1.40. The first-order valence-corrected chi connectivity index (χ1v) is 6.73. The van der Waals surface area contributed by atoms with Crippen molar-refractivity contribution in [1.29, 1.82) is 5.26 Å². The fraction of sp³-hybridized carbons (Fsp3) is 0.273. The van der Waals surface area contributed by atoms with E-state index in [2.05, 4.69) is 20.7 Å². The number of hydrogen-bond donors (Lipinski definition) is 0. The summed E-state index contributed by atoms with van der Waals surface area (Å²) in [6.45, 7) is 0. The highest BCUT2D eigenvalue weighted by Gasteiger charge is 2.31. The van der Waals surface area contributed by atoms with Gasteiger partial charge in [0, 0.05) is 10.2 Å². The van der Waals surface area contributed by atoms with Gasteiger partial charge >= 0.3 is 11.5 Å². The van der Waals surface area contributed by atoms with Crippen molar-refractivity contribution in [2.24, 2.45) is 0 Å². The molecule has 0 aliphatic rings. The highest BCUT2D eigenvalue weighted by atomic mass is 79.9. The molecule has 0 saturated carbocycles. The number of carbonyl (C=O) groups is 1. The van der Waals surface area contributed by atoms with Crippen LogP contribution in [-0.2, 0) is 10.1 Å². The van der Waals surface area contributed by atoms with Gasteiger partial charge in [-0.25, -0.2) is 4.79 Å². The predicted octanol–water partition coefficient (Wildman–Crippen LogP) is 3.85. The van der Waals surface area contributed by atoms with Crippen LogP contribution in [0, 0.1) is 11.3 Å². The molecule has 102 valence electrons. The van der Waals surface area contributed by atoms with Crippen molar-refractivity contribution in [3.63, 3.8) is 0 Å². The third kappa shape index (κ3) is 3.88. The van der Waals surface area contributed by atoms with Gasteiger partial charge in [0.1, 0.15) is 6.07 Å². The molecule has 1 rings (SSSR count). The summed E-state index contributed by atoms with van der Waals surface area (Å²) >= 11 is 2.68. The molecule has 0 amide bonds. The van der Waals surface area contributed by atoms with Gasteiger partial charge in [-0.2, -0.15) is 18.4 Å². The van der Waals surface area contributed by atoms with Crippen LogP contribution in [-0.4, -0.2) is 18.6 Å². The van der Waals surface area contributed by atoms with Gasteiger partial charge in [-0.3, -0.25) is 0 Å². The number of esters is 1. The number of methoxy groups -OCH3 is 1. The molecule has 19 heavy (non-hydrogen) atoms. The largest absolute Gasteiger partial charge is 0.465 e. The molecule has 0 heterocycles. The molecular weight excluding hydrogens is 347 g/mol. The average molecular weight is 354 g/mol. The maximum atomic E-state index is 12.4. The van der Waals surface area contributed by atoms with Crippen molar-refractivity contribution in [2.75, 3.05) is 7.11 Å². The molecule has 0 aliphatic heterocycles. The first kappa shape index (κ1) is 15.9. The van der Waals surface area contributed by atoms with E-state index >= 15 is 0 Å². The molecule has 1 aromatic carbocycles. The Morgan fingerprint density at radius 3 is 2.58 bits per heavy atom. The summed E-state index contributed by atoms with van der Waals surface area (Å²) in [5, 5.41) is 9.08. The molecule has 0 spiro atoms. The van der Waals surface area contributed by atoms with Crippen LogP contribution in [0.1, 0.15) is 21.5 Å². The van der Waals surface area contributed by atoms with Crippen LogP contribution < -0.4 is 0 Å². The number of ether oxygens (including phenoxy) is 1. The molecule has 0 radical (unpaired) electrons. The number of thioether (sulfide) groups is 1. The normalized spacial score (nSPS) is 10.9. The van der Waals surface area contributed by atoms with Crippen molar-refractivity contribution in [3.8, 4) is 6.07 Å². The number of carbonyl (C=O) groups excluding carboxylic acids is 1. The molecule has 0 aliphatic carbocycles. The maximum Gasteiger partial charge on any atom is 0.446 e. The third-order valence-electron chi connectivity index (χ3n) is 2.15. The quantitative estimate of drug-likeness (QED) is 0.470. The summed E-state index contributed by atoms with van der Waals surface area (Å²) in [5.41, 5.74) is -4.42. The van der Waals surface area contributed by atoms with Crippen LogP contribution >= 0.6 is 27.7 Å². The predicted molar refractivity (Wildman–Crippen MR) is 67.0 cm³/mol. The van der Waals surface area contributed by atoms with Crippen LogP contribution in [0.15, 0.2) is 17.0 Å². The van der Waals surface area contributed by atoms with E-state index in [9.17, 15) is 18.0 Å². The van der Waals surface area contributed by atoms with Crippen molar-refractivity contribution >= 4 is 33.7 Å². The molecule has 0 atom stereocenters. The lowest BCUT2D eigenvalue weighted by Gasteiger charge is -2.12. The Balaban J connectivity index is 3.40. The van der Waals surface area contributed by atoms with Crippen molar-refractivity contribution in [1.82, 2.24) is 0 Å². The van der Waals surface area contributed by atoms with Gasteiger partial charge in [-0.15, -0.1) is 0 Å². The summed E-state index contributed by atoms with van der Waals surface area (Å²) in [4.78, 5) is 11.2. The minimum atomic E-state index is -4.50. The zero-order chi connectivity index (χ0) is 14.6. The van der Waals surface area contributed by atoms with E-state index in [1.54, 1.807) is 6.07 Å². The van der Waals surface area contributed by atoms with Crippen molar-refractivity contribution in [3.05, 3.63) is 28.8 Å². The van der Waals surface area contributed by atoms with E-state index in [1.165, 1.54) is 6.07 Å². The lowest BCUT2D eigenvalue weighted by atomic mass is 10.0. The molecule has 0 unspecified atom stereocenters. The van der Waals surface area contributed by atoms with E-state index in [1.807, 2.05) is 0 Å². The SMILES string of the molecule is COC(=O)c1ccc(SC(F)(F)F)c(C#N)c1CBr. The smallest absolute Gasteiger partial charge is 0.446 e. The van der Waals surface area contributed by atoms with Gasteiger partial charge in [0.15, 0.2) is 0 Å². The molecule has 0 aromatic heterocycles. The summed E-state index contributed by atoms with van der Waals surface area (Å²) in [7, 11) is 1.16. The summed E-state index contributed by atoms with van der Waals surface area (Å²) in [6.07, 6.45) is 0. The molecule has 1 aromatic rings. The van der Waals surface area contributed by atoms with Crippen LogP contribution in [0.4, 0.5) is 13.2 Å². The Labute approximate surface area is 119 Å². The first-order valence-electron chi connectivity index (χ1n) is 4.80. The molecule has 0 saturated heterocycles. The van der Waals surface area contributed by atoms with Crippen LogP contribution in [0.25, 0.3) is 0 Å². The zero-order valence-corrected chi connectivity index (χ0v) is 11.9. The average Bonchev–Trinajstić information content (AvgIpc) is 2.35. The molecule has 0 bridgehead atoms. The number of nitrogens with zero attached hydrogens (tertiary/aromatic N) is 1. The molecule has 3 nitrogen and oxygen atoms in total. The lowest BCUT2D eigenvalue weighted by Crippen LogP contribution is -2.08. The van der Waals surface area contributed by atoms with Crippen LogP contribution in [0.3, 0.4) is 0 Å². The van der Waals surface area contributed by atoms with Gasteiger partial charge in [-0.05, 0) is 29.5 Å². The minimum Gasteiger partial charge on any atom is -0.465 e. The maximum absolute atomic E-state index is 12.4. The molecule has 0 N–H and O–H groups in total. The lowest BCUT2D eigenvalue weighted by molar-refractivity contribution is -0.0328. The Bertz CT molecular complexity index is 540. The number of nitriles is 1. The van der Waals surface area contributed by atoms with E-state index in [0.717, 1.165) is 13.2 Å². The Morgan fingerprint density at radius 2 is 2.16 bits per heavy atom. The number of halogens is 4. The minimum absolute atomic E-state index is 0.0717. The summed E-state index contributed by atoms with van der Waals surface area (Å²) in [5.74, 6) is -0.700. The fourth-order valence-corrected chi connectivity index (χ4v) is 2.64. The number of alkyl halides is 4. The monoisotopic (exact) mass is 353 g/mol. The van der Waals surface area contributed by atoms with Gasteiger partial charge in [0.05, 0.1) is 18.2 Å². The standard InChI is InChI=1S/C11H7BrF3NO2S/c1-18-10(17)6-2-3-9(19-11(13,14)15)8(5-16)7(6)4-12/h2-3H,4H2,1H3. The highest BCUT2D eigenvalue weighted by Crippen LogP contribution is 2.40. The van der Waals surface area contributed by atoms with Crippen LogP contribution in [0.2, 0.25) is 0 Å². The highest BCUT2D eigenvalue weighted by molar-refractivity contribution is 9.08. The molecule has 8 heteroatoms. The number of benzene rings is 1. The number of hydrogen-bond acceptors (Lipinski definition) is 4. The Morgan fingerprint density at radius 1 is 1.53 bits per heavy atom. The van der Waals surface area contributed by atoms with E-state index in [4.69, 9.17) is 5.26 Å². The van der Waals surface area contributed by atoms with Gasteiger partial charge in [0.25, 0.3) is 0 Å². The van der Waals surface area contributed by atoms with Gasteiger partial charge < -0.3 is 4.74 Å².